The summed E-state index contributed by atoms with van der Waals surface area (Å²) in [6, 6.07) is 9.46. The van der Waals surface area contributed by atoms with Gasteiger partial charge in [0.2, 0.25) is 0 Å². The highest BCUT2D eigenvalue weighted by Crippen LogP contribution is 2.22. The highest BCUT2D eigenvalue weighted by atomic mass is 16.1. The molecule has 2 aromatic heterocycles. The SMILES string of the molecule is CC(=O)c1cn(C)c2cc(-c3ccncc3)ccc2c1=O. The van der Waals surface area contributed by atoms with Crippen molar-refractivity contribution in [2.75, 3.05) is 0 Å². The van der Waals surface area contributed by atoms with Gasteiger partial charge in [0.05, 0.1) is 11.1 Å². The fourth-order valence-corrected chi connectivity index (χ4v) is 2.46. The van der Waals surface area contributed by atoms with E-state index in [1.807, 2.05) is 35.9 Å². The van der Waals surface area contributed by atoms with Gasteiger partial charge >= 0.3 is 0 Å². The molecule has 3 rings (SSSR count). The van der Waals surface area contributed by atoms with E-state index in [2.05, 4.69) is 4.98 Å². The molecule has 4 heteroatoms. The average molecular weight is 278 g/mol. The number of carbonyl (C=O) groups excluding carboxylic acids is 1. The normalized spacial score (nSPS) is 10.8. The van der Waals surface area contributed by atoms with Crippen LogP contribution >= 0.6 is 0 Å². The van der Waals surface area contributed by atoms with Crippen molar-refractivity contribution in [1.82, 2.24) is 9.55 Å². The molecule has 0 fully saturated rings. The van der Waals surface area contributed by atoms with E-state index in [9.17, 15) is 9.59 Å². The number of fused-ring (bicyclic) bond motifs is 1. The lowest BCUT2D eigenvalue weighted by molar-refractivity contribution is 0.101. The summed E-state index contributed by atoms with van der Waals surface area (Å²) in [7, 11) is 1.84. The summed E-state index contributed by atoms with van der Waals surface area (Å²) in [5.74, 6) is -0.212. The molecule has 1 aromatic carbocycles. The third-order valence-electron chi connectivity index (χ3n) is 3.58. The molecule has 0 saturated carbocycles. The maximum atomic E-state index is 12.3. The number of rotatable bonds is 2. The van der Waals surface area contributed by atoms with E-state index in [1.165, 1.54) is 6.92 Å². The number of aromatic nitrogens is 2. The molecule has 4 nitrogen and oxygen atoms in total. The minimum atomic E-state index is -0.212. The molecule has 0 bridgehead atoms. The zero-order valence-electron chi connectivity index (χ0n) is 11.8. The summed E-state index contributed by atoms with van der Waals surface area (Å²) in [5, 5.41) is 0.558. The molecular formula is C17H14N2O2. The molecule has 21 heavy (non-hydrogen) atoms. The van der Waals surface area contributed by atoms with Crippen LogP contribution in [0.5, 0.6) is 0 Å². The van der Waals surface area contributed by atoms with Crippen LogP contribution in [0.15, 0.2) is 53.7 Å². The maximum absolute atomic E-state index is 12.3. The minimum Gasteiger partial charge on any atom is -0.350 e. The van der Waals surface area contributed by atoms with E-state index in [1.54, 1.807) is 24.7 Å². The molecule has 0 unspecified atom stereocenters. The monoisotopic (exact) mass is 278 g/mol. The van der Waals surface area contributed by atoms with E-state index in [4.69, 9.17) is 0 Å². The van der Waals surface area contributed by atoms with Crippen LogP contribution in [0.25, 0.3) is 22.0 Å². The number of hydrogen-bond acceptors (Lipinski definition) is 3. The number of pyridine rings is 2. The molecule has 0 aliphatic rings. The van der Waals surface area contributed by atoms with Crippen molar-refractivity contribution in [3.05, 3.63) is 64.7 Å². The van der Waals surface area contributed by atoms with Crippen molar-refractivity contribution in [1.29, 1.82) is 0 Å². The Bertz CT molecular complexity index is 896. The lowest BCUT2D eigenvalue weighted by Crippen LogP contribution is -2.16. The lowest BCUT2D eigenvalue weighted by atomic mass is 10.0. The summed E-state index contributed by atoms with van der Waals surface area (Å²) in [5.41, 5.74) is 2.86. The van der Waals surface area contributed by atoms with Gasteiger partial charge in [-0.05, 0) is 42.3 Å². The average Bonchev–Trinajstić information content (AvgIpc) is 2.51. The largest absolute Gasteiger partial charge is 0.350 e. The number of carbonyl (C=O) groups is 1. The van der Waals surface area contributed by atoms with Crippen LogP contribution < -0.4 is 5.43 Å². The quantitative estimate of drug-likeness (QED) is 0.677. The molecule has 0 atom stereocenters. The fourth-order valence-electron chi connectivity index (χ4n) is 2.46. The summed E-state index contributed by atoms with van der Waals surface area (Å²) >= 11 is 0. The maximum Gasteiger partial charge on any atom is 0.200 e. The van der Waals surface area contributed by atoms with Crippen LogP contribution in [0.1, 0.15) is 17.3 Å². The first-order valence-corrected chi connectivity index (χ1v) is 6.62. The zero-order valence-corrected chi connectivity index (χ0v) is 11.8. The van der Waals surface area contributed by atoms with Crippen molar-refractivity contribution >= 4 is 16.7 Å². The minimum absolute atomic E-state index is 0.211. The highest BCUT2D eigenvalue weighted by Gasteiger charge is 2.11. The number of hydrogen-bond donors (Lipinski definition) is 0. The molecule has 0 aliphatic carbocycles. The first-order valence-electron chi connectivity index (χ1n) is 6.62. The second-order valence-corrected chi connectivity index (χ2v) is 5.01. The molecule has 0 spiro atoms. The molecule has 0 aliphatic heterocycles. The smallest absolute Gasteiger partial charge is 0.200 e. The summed E-state index contributed by atoms with van der Waals surface area (Å²) in [6.07, 6.45) is 5.07. The summed E-state index contributed by atoms with van der Waals surface area (Å²) in [4.78, 5) is 27.9. The Morgan fingerprint density at radius 2 is 1.81 bits per heavy atom. The van der Waals surface area contributed by atoms with Crippen molar-refractivity contribution in [3.8, 4) is 11.1 Å². The van der Waals surface area contributed by atoms with Crippen molar-refractivity contribution in [2.45, 2.75) is 6.92 Å². The van der Waals surface area contributed by atoms with Gasteiger partial charge in [-0.1, -0.05) is 6.07 Å². The van der Waals surface area contributed by atoms with Gasteiger partial charge < -0.3 is 4.57 Å². The number of Topliss-reactive ketones (excluding diaryl/α,β-unsaturated/α-hetero) is 1. The molecule has 0 saturated heterocycles. The zero-order chi connectivity index (χ0) is 15.0. The van der Waals surface area contributed by atoms with E-state index in [0.717, 1.165) is 16.6 Å². The van der Waals surface area contributed by atoms with Crippen molar-refractivity contribution in [2.24, 2.45) is 7.05 Å². The third-order valence-corrected chi connectivity index (χ3v) is 3.58. The van der Waals surface area contributed by atoms with Gasteiger partial charge in [0.15, 0.2) is 11.2 Å². The van der Waals surface area contributed by atoms with Gasteiger partial charge in [-0.3, -0.25) is 14.6 Å². The van der Waals surface area contributed by atoms with E-state index < -0.39 is 0 Å². The number of aryl methyl sites for hydroxylation is 1. The summed E-state index contributed by atoms with van der Waals surface area (Å²) in [6.45, 7) is 1.41. The second-order valence-electron chi connectivity index (χ2n) is 5.01. The first kappa shape index (κ1) is 13.2. The second kappa shape index (κ2) is 4.98. The molecule has 3 aromatic rings. The van der Waals surface area contributed by atoms with Crippen molar-refractivity contribution < 1.29 is 4.79 Å². The fraction of sp³-hybridized carbons (Fsp3) is 0.118. The Kier molecular flexibility index (Phi) is 3.14. The Balaban J connectivity index is 2.29. The van der Waals surface area contributed by atoms with Crippen LogP contribution in [0.2, 0.25) is 0 Å². The van der Waals surface area contributed by atoms with Crippen LogP contribution in [0.4, 0.5) is 0 Å². The highest BCUT2D eigenvalue weighted by molar-refractivity contribution is 5.97. The third kappa shape index (κ3) is 2.25. The van der Waals surface area contributed by atoms with E-state index in [0.29, 0.717) is 5.39 Å². The Morgan fingerprint density at radius 3 is 2.48 bits per heavy atom. The predicted octanol–water partition coefficient (Wildman–Crippen LogP) is 2.80. The molecular weight excluding hydrogens is 264 g/mol. The van der Waals surface area contributed by atoms with Gasteiger partial charge in [-0.15, -0.1) is 0 Å². The van der Waals surface area contributed by atoms with Crippen LogP contribution in [-0.2, 0) is 7.05 Å². The van der Waals surface area contributed by atoms with Gasteiger partial charge in [-0.2, -0.15) is 0 Å². The van der Waals surface area contributed by atoms with E-state index >= 15 is 0 Å². The Morgan fingerprint density at radius 1 is 1.10 bits per heavy atom. The molecule has 2 heterocycles. The first-order chi connectivity index (χ1) is 10.1. The number of nitrogens with zero attached hydrogens (tertiary/aromatic N) is 2. The van der Waals surface area contributed by atoms with Gasteiger partial charge in [0, 0.05) is 31.0 Å². The standard InChI is InChI=1S/C17H14N2O2/c1-11(20)15-10-19(2)16-9-13(3-4-14(16)17(15)21)12-5-7-18-8-6-12/h3-10H,1-2H3. The summed E-state index contributed by atoms with van der Waals surface area (Å²) < 4.78 is 1.82. The van der Waals surface area contributed by atoms with Crippen molar-refractivity contribution in [3.63, 3.8) is 0 Å². The van der Waals surface area contributed by atoms with E-state index in [-0.39, 0.29) is 16.8 Å². The molecule has 0 N–H and O–H groups in total. The predicted molar refractivity (Wildman–Crippen MR) is 82.4 cm³/mol. The lowest BCUT2D eigenvalue weighted by Gasteiger charge is -2.09. The molecule has 0 amide bonds. The Hall–Kier alpha value is -2.75. The Labute approximate surface area is 121 Å². The molecule has 0 radical (unpaired) electrons. The van der Waals surface area contributed by atoms with Gasteiger partial charge in [0.25, 0.3) is 0 Å². The van der Waals surface area contributed by atoms with Gasteiger partial charge in [0.1, 0.15) is 0 Å². The number of benzene rings is 1. The topological polar surface area (TPSA) is 52.0 Å². The molecule has 104 valence electrons. The van der Waals surface area contributed by atoms with Crippen LogP contribution in [0, 0.1) is 0 Å². The van der Waals surface area contributed by atoms with Crippen LogP contribution in [0.3, 0.4) is 0 Å². The van der Waals surface area contributed by atoms with Crippen LogP contribution in [-0.4, -0.2) is 15.3 Å². The number of ketones is 1. The van der Waals surface area contributed by atoms with Gasteiger partial charge in [-0.25, -0.2) is 0 Å².